The van der Waals surface area contributed by atoms with Gasteiger partial charge in [0.25, 0.3) is 0 Å². The monoisotopic (exact) mass is 300 g/mol. The van der Waals surface area contributed by atoms with Gasteiger partial charge in [-0.1, -0.05) is 25.1 Å². The molecule has 5 nitrogen and oxygen atoms in total. The summed E-state index contributed by atoms with van der Waals surface area (Å²) in [6.45, 7) is 4.56. The minimum atomic E-state index is -3.55. The van der Waals surface area contributed by atoms with E-state index in [0.717, 1.165) is 12.0 Å². The van der Waals surface area contributed by atoms with Gasteiger partial charge in [0.1, 0.15) is 0 Å². The minimum absolute atomic E-state index is 0.0927. The molecule has 0 radical (unpaired) electrons. The maximum atomic E-state index is 12.4. The van der Waals surface area contributed by atoms with Crippen LogP contribution in [0.15, 0.2) is 29.2 Å². The average molecular weight is 300 g/mol. The van der Waals surface area contributed by atoms with E-state index < -0.39 is 10.0 Å². The van der Waals surface area contributed by atoms with Crippen LogP contribution in [-0.4, -0.2) is 44.1 Å². The Morgan fingerprint density at radius 1 is 1.35 bits per heavy atom. The Morgan fingerprint density at radius 3 is 2.60 bits per heavy atom. The first-order valence-corrected chi connectivity index (χ1v) is 8.26. The highest BCUT2D eigenvalue weighted by atomic mass is 32.2. The number of hydrogen-bond donors (Lipinski definition) is 2. The molecule has 114 valence electrons. The molecule has 0 spiro atoms. The lowest BCUT2D eigenvalue weighted by molar-refractivity contribution is 0.266. The van der Waals surface area contributed by atoms with Crippen molar-refractivity contribution in [1.82, 2.24) is 9.62 Å². The van der Waals surface area contributed by atoms with Crippen LogP contribution in [-0.2, 0) is 16.6 Å². The van der Waals surface area contributed by atoms with Crippen LogP contribution < -0.4 is 5.32 Å². The molecule has 2 N–H and O–H groups in total. The summed E-state index contributed by atoms with van der Waals surface area (Å²) in [5, 5.41) is 12.2. The van der Waals surface area contributed by atoms with Gasteiger partial charge in [-0.05, 0) is 25.0 Å². The fourth-order valence-corrected chi connectivity index (χ4v) is 3.14. The zero-order chi connectivity index (χ0) is 15.2. The van der Waals surface area contributed by atoms with Gasteiger partial charge in [0.15, 0.2) is 0 Å². The lowest BCUT2D eigenvalue weighted by atomic mass is 10.2. The van der Waals surface area contributed by atoms with E-state index in [1.807, 2.05) is 12.1 Å². The Morgan fingerprint density at radius 2 is 2.00 bits per heavy atom. The van der Waals surface area contributed by atoms with E-state index in [9.17, 15) is 8.42 Å². The van der Waals surface area contributed by atoms with Crippen molar-refractivity contribution in [1.29, 1.82) is 0 Å². The normalized spacial score (nSPS) is 13.7. The summed E-state index contributed by atoms with van der Waals surface area (Å²) in [6, 6.07) is 7.30. The topological polar surface area (TPSA) is 69.6 Å². The van der Waals surface area contributed by atoms with E-state index in [0.29, 0.717) is 17.5 Å². The molecular formula is C14H24N2O3S. The Hall–Kier alpha value is -0.950. The molecule has 1 aromatic rings. The van der Waals surface area contributed by atoms with Gasteiger partial charge in [-0.3, -0.25) is 0 Å². The molecule has 0 saturated carbocycles. The summed E-state index contributed by atoms with van der Waals surface area (Å²) >= 11 is 0. The standard InChI is InChI=1S/C14H24N2O3S/c1-4-12(2)15-11-13-7-5-6-8-14(13)20(18,19)16(3)9-10-17/h5-8,12,15,17H,4,9-11H2,1-3H3. The first-order chi connectivity index (χ1) is 9.43. The molecule has 0 aliphatic rings. The van der Waals surface area contributed by atoms with Crippen LogP contribution in [0.25, 0.3) is 0 Å². The van der Waals surface area contributed by atoms with Gasteiger partial charge in [0.05, 0.1) is 11.5 Å². The van der Waals surface area contributed by atoms with Gasteiger partial charge < -0.3 is 10.4 Å². The van der Waals surface area contributed by atoms with E-state index >= 15 is 0 Å². The van der Waals surface area contributed by atoms with Crippen LogP contribution >= 0.6 is 0 Å². The number of nitrogens with one attached hydrogen (secondary N) is 1. The summed E-state index contributed by atoms with van der Waals surface area (Å²) in [6.07, 6.45) is 0.985. The van der Waals surface area contributed by atoms with Crippen LogP contribution in [0.2, 0.25) is 0 Å². The third kappa shape index (κ3) is 4.28. The molecule has 1 rings (SSSR count). The molecule has 0 heterocycles. The summed E-state index contributed by atoms with van der Waals surface area (Å²) in [5.41, 5.74) is 0.748. The SMILES string of the molecule is CCC(C)NCc1ccccc1S(=O)(=O)N(C)CCO. The Labute approximate surface area is 121 Å². The summed E-state index contributed by atoms with van der Waals surface area (Å²) < 4.78 is 26.1. The van der Waals surface area contributed by atoms with Crippen molar-refractivity contribution in [3.63, 3.8) is 0 Å². The van der Waals surface area contributed by atoms with E-state index in [4.69, 9.17) is 5.11 Å². The van der Waals surface area contributed by atoms with E-state index in [1.54, 1.807) is 12.1 Å². The van der Waals surface area contributed by atoms with Crippen molar-refractivity contribution in [3.8, 4) is 0 Å². The van der Waals surface area contributed by atoms with Gasteiger partial charge in [-0.2, -0.15) is 4.31 Å². The largest absolute Gasteiger partial charge is 0.395 e. The Bertz CT molecular complexity index is 517. The molecule has 0 fully saturated rings. The van der Waals surface area contributed by atoms with Crippen molar-refractivity contribution in [2.75, 3.05) is 20.2 Å². The fourth-order valence-electron chi connectivity index (χ4n) is 1.76. The zero-order valence-corrected chi connectivity index (χ0v) is 13.2. The molecule has 1 unspecified atom stereocenters. The second-order valence-corrected chi connectivity index (χ2v) is 6.86. The highest BCUT2D eigenvalue weighted by molar-refractivity contribution is 7.89. The maximum absolute atomic E-state index is 12.4. The van der Waals surface area contributed by atoms with Crippen LogP contribution in [0.4, 0.5) is 0 Å². The molecule has 0 saturated heterocycles. The molecule has 6 heteroatoms. The third-order valence-electron chi connectivity index (χ3n) is 3.33. The highest BCUT2D eigenvalue weighted by Crippen LogP contribution is 2.19. The number of likely N-dealkylation sites (N-methyl/N-ethyl adjacent to an activating group) is 1. The highest BCUT2D eigenvalue weighted by Gasteiger charge is 2.23. The number of aliphatic hydroxyl groups excluding tert-OH is 1. The second-order valence-electron chi connectivity index (χ2n) is 4.85. The molecule has 0 aliphatic heterocycles. The van der Waals surface area contributed by atoms with Gasteiger partial charge >= 0.3 is 0 Å². The first kappa shape index (κ1) is 17.1. The number of hydrogen-bond acceptors (Lipinski definition) is 4. The average Bonchev–Trinajstić information content (AvgIpc) is 2.45. The molecule has 0 bridgehead atoms. The van der Waals surface area contributed by atoms with Crippen molar-refractivity contribution in [2.45, 2.75) is 37.8 Å². The number of rotatable bonds is 8. The lowest BCUT2D eigenvalue weighted by Gasteiger charge is -2.19. The molecule has 0 amide bonds. The predicted octanol–water partition coefficient (Wildman–Crippen LogP) is 1.19. The van der Waals surface area contributed by atoms with E-state index in [2.05, 4.69) is 19.2 Å². The molecule has 0 aliphatic carbocycles. The lowest BCUT2D eigenvalue weighted by Crippen LogP contribution is -2.31. The Balaban J connectivity index is 3.00. The summed E-state index contributed by atoms with van der Waals surface area (Å²) in [4.78, 5) is 0.298. The molecule has 0 aromatic heterocycles. The van der Waals surface area contributed by atoms with Crippen molar-refractivity contribution < 1.29 is 13.5 Å². The molecular weight excluding hydrogens is 276 g/mol. The van der Waals surface area contributed by atoms with Crippen LogP contribution in [0.1, 0.15) is 25.8 Å². The number of benzene rings is 1. The van der Waals surface area contributed by atoms with Gasteiger partial charge in [0.2, 0.25) is 10.0 Å². The predicted molar refractivity (Wildman–Crippen MR) is 79.9 cm³/mol. The summed E-state index contributed by atoms with van der Waals surface area (Å²) in [7, 11) is -2.08. The zero-order valence-electron chi connectivity index (χ0n) is 12.3. The quantitative estimate of drug-likeness (QED) is 0.756. The van der Waals surface area contributed by atoms with Crippen LogP contribution in [0, 0.1) is 0 Å². The second kappa shape index (κ2) is 7.73. The first-order valence-electron chi connectivity index (χ1n) is 6.82. The van der Waals surface area contributed by atoms with Crippen molar-refractivity contribution >= 4 is 10.0 Å². The number of sulfonamides is 1. The van der Waals surface area contributed by atoms with E-state index in [-0.39, 0.29) is 13.2 Å². The van der Waals surface area contributed by atoms with E-state index in [1.165, 1.54) is 11.4 Å². The Kier molecular flexibility index (Phi) is 6.61. The minimum Gasteiger partial charge on any atom is -0.395 e. The molecule has 1 atom stereocenters. The van der Waals surface area contributed by atoms with Gasteiger partial charge in [-0.25, -0.2) is 8.42 Å². The smallest absolute Gasteiger partial charge is 0.243 e. The van der Waals surface area contributed by atoms with Crippen molar-refractivity contribution in [2.24, 2.45) is 0 Å². The summed E-state index contributed by atoms with van der Waals surface area (Å²) in [5.74, 6) is 0. The third-order valence-corrected chi connectivity index (χ3v) is 5.29. The van der Waals surface area contributed by atoms with Crippen molar-refractivity contribution in [3.05, 3.63) is 29.8 Å². The van der Waals surface area contributed by atoms with Crippen LogP contribution in [0.5, 0.6) is 0 Å². The number of aliphatic hydroxyl groups is 1. The van der Waals surface area contributed by atoms with Crippen LogP contribution in [0.3, 0.4) is 0 Å². The fraction of sp³-hybridized carbons (Fsp3) is 0.571. The number of nitrogens with zero attached hydrogens (tertiary/aromatic N) is 1. The maximum Gasteiger partial charge on any atom is 0.243 e. The molecule has 20 heavy (non-hydrogen) atoms. The van der Waals surface area contributed by atoms with Gasteiger partial charge in [0, 0.05) is 26.2 Å². The van der Waals surface area contributed by atoms with Gasteiger partial charge in [-0.15, -0.1) is 0 Å². The molecule has 1 aromatic carbocycles.